The third-order valence-electron chi connectivity index (χ3n) is 7.41. The van der Waals surface area contributed by atoms with Gasteiger partial charge in [0.1, 0.15) is 12.6 Å². The van der Waals surface area contributed by atoms with Crippen LogP contribution in [-0.2, 0) is 32.6 Å². The second-order valence-corrected chi connectivity index (χ2v) is 13.6. The van der Waals surface area contributed by atoms with E-state index < -0.39 is 28.5 Å². The first-order chi connectivity index (χ1) is 21.0. The van der Waals surface area contributed by atoms with E-state index in [0.29, 0.717) is 17.8 Å². The normalized spacial score (nSPS) is 11.9. The van der Waals surface area contributed by atoms with E-state index in [2.05, 4.69) is 21.2 Å². The summed E-state index contributed by atoms with van der Waals surface area (Å²) >= 11 is 3.46. The molecule has 0 bridgehead atoms. The Morgan fingerprint density at radius 1 is 0.818 bits per heavy atom. The molecule has 230 valence electrons. The molecular weight excluding hydrogens is 638 g/mol. The second kappa shape index (κ2) is 14.7. The van der Waals surface area contributed by atoms with Crippen molar-refractivity contribution in [3.63, 3.8) is 0 Å². The first kappa shape index (κ1) is 33.0. The predicted octanol–water partition coefficient (Wildman–Crippen LogP) is 6.35. The maximum absolute atomic E-state index is 14.5. The van der Waals surface area contributed by atoms with Gasteiger partial charge in [-0.3, -0.25) is 13.9 Å². The van der Waals surface area contributed by atoms with Crippen LogP contribution < -0.4 is 9.62 Å². The fourth-order valence-corrected chi connectivity index (χ4v) is 6.71. The Morgan fingerprint density at radius 2 is 1.45 bits per heavy atom. The molecule has 0 aromatic heterocycles. The van der Waals surface area contributed by atoms with Crippen molar-refractivity contribution in [2.24, 2.45) is 0 Å². The molecule has 0 fully saturated rings. The molecule has 0 aliphatic heterocycles. The van der Waals surface area contributed by atoms with Crippen LogP contribution in [0.3, 0.4) is 0 Å². The Bertz CT molecular complexity index is 1690. The summed E-state index contributed by atoms with van der Waals surface area (Å²) in [6.07, 6.45) is 0.267. The van der Waals surface area contributed by atoms with E-state index in [1.54, 1.807) is 30.3 Å². The van der Waals surface area contributed by atoms with Crippen molar-refractivity contribution in [2.75, 3.05) is 17.4 Å². The van der Waals surface area contributed by atoms with Crippen LogP contribution >= 0.6 is 15.9 Å². The van der Waals surface area contributed by atoms with E-state index in [1.807, 2.05) is 94.4 Å². The van der Waals surface area contributed by atoms with E-state index in [1.165, 1.54) is 9.21 Å². The highest BCUT2D eigenvalue weighted by Gasteiger charge is 2.35. The summed E-state index contributed by atoms with van der Waals surface area (Å²) in [5.74, 6) is -0.793. The number of nitrogens with zero attached hydrogens (tertiary/aromatic N) is 2. The minimum Gasteiger partial charge on any atom is -0.355 e. The van der Waals surface area contributed by atoms with E-state index in [9.17, 15) is 18.0 Å². The van der Waals surface area contributed by atoms with Gasteiger partial charge in [0.2, 0.25) is 11.8 Å². The van der Waals surface area contributed by atoms with Crippen molar-refractivity contribution in [3.8, 4) is 0 Å². The molecule has 44 heavy (non-hydrogen) atoms. The number of anilines is 1. The lowest BCUT2D eigenvalue weighted by atomic mass is 10.0. The molecular formula is C35H38BrN3O4S. The number of nitrogens with one attached hydrogen (secondary N) is 1. The molecule has 0 aliphatic carbocycles. The van der Waals surface area contributed by atoms with Gasteiger partial charge in [0.25, 0.3) is 10.0 Å². The number of amides is 2. The topological polar surface area (TPSA) is 86.8 Å². The smallest absolute Gasteiger partial charge is 0.264 e. The van der Waals surface area contributed by atoms with Gasteiger partial charge in [0, 0.05) is 24.0 Å². The summed E-state index contributed by atoms with van der Waals surface area (Å²) in [7, 11) is -4.15. The highest BCUT2D eigenvalue weighted by atomic mass is 79.9. The lowest BCUT2D eigenvalue weighted by molar-refractivity contribution is -0.140. The van der Waals surface area contributed by atoms with Gasteiger partial charge in [0.15, 0.2) is 0 Å². The van der Waals surface area contributed by atoms with Crippen molar-refractivity contribution in [3.05, 3.63) is 129 Å². The zero-order valence-corrected chi connectivity index (χ0v) is 27.9. The number of sulfonamides is 1. The average Bonchev–Trinajstić information content (AvgIpc) is 3.00. The Morgan fingerprint density at radius 3 is 2.09 bits per heavy atom. The summed E-state index contributed by atoms with van der Waals surface area (Å²) in [5.41, 5.74) is 4.60. The van der Waals surface area contributed by atoms with Crippen LogP contribution in [0.4, 0.5) is 5.69 Å². The number of halogens is 1. The van der Waals surface area contributed by atoms with Crippen LogP contribution in [0.5, 0.6) is 0 Å². The van der Waals surface area contributed by atoms with E-state index in [0.717, 1.165) is 26.7 Å². The van der Waals surface area contributed by atoms with Gasteiger partial charge in [-0.05, 0) is 80.3 Å². The zero-order valence-electron chi connectivity index (χ0n) is 25.5. The molecule has 9 heteroatoms. The fraction of sp³-hybridized carbons (Fsp3) is 0.257. The number of carbonyl (C=O) groups excluding carboxylic acids is 2. The molecule has 0 saturated heterocycles. The van der Waals surface area contributed by atoms with E-state index in [4.69, 9.17) is 0 Å². The monoisotopic (exact) mass is 675 g/mol. The first-order valence-electron chi connectivity index (χ1n) is 14.5. The Labute approximate surface area is 269 Å². The molecule has 7 nitrogen and oxygen atoms in total. The summed E-state index contributed by atoms with van der Waals surface area (Å²) in [4.78, 5) is 29.7. The standard InChI is InChI=1S/C35H38BrN3O4S/c1-5-37-35(41)33(22-28-9-7-6-8-10-28)38(23-29-15-17-30(36)18-16-29)34(40)24-39(32-21-26(3)11-14-27(32)4)44(42,43)31-19-12-25(2)13-20-31/h6-21,33H,5,22-24H2,1-4H3,(H,37,41)/t33-/m0/s1. The largest absolute Gasteiger partial charge is 0.355 e. The van der Waals surface area contributed by atoms with Crippen LogP contribution in [-0.4, -0.2) is 44.3 Å². The molecule has 0 saturated carbocycles. The van der Waals surface area contributed by atoms with Gasteiger partial charge in [-0.25, -0.2) is 8.42 Å². The minimum absolute atomic E-state index is 0.0841. The third-order valence-corrected chi connectivity index (χ3v) is 9.71. The molecule has 4 rings (SSSR count). The molecule has 0 radical (unpaired) electrons. The van der Waals surface area contributed by atoms with Crippen molar-refractivity contribution in [2.45, 2.75) is 51.6 Å². The number of hydrogen-bond donors (Lipinski definition) is 1. The van der Waals surface area contributed by atoms with Crippen LogP contribution in [0.25, 0.3) is 0 Å². The molecule has 4 aromatic carbocycles. The highest BCUT2D eigenvalue weighted by molar-refractivity contribution is 9.10. The molecule has 2 amide bonds. The van der Waals surface area contributed by atoms with E-state index in [-0.39, 0.29) is 23.8 Å². The molecule has 1 N–H and O–H groups in total. The maximum Gasteiger partial charge on any atom is 0.264 e. The van der Waals surface area contributed by atoms with Crippen LogP contribution in [0.2, 0.25) is 0 Å². The summed E-state index contributed by atoms with van der Waals surface area (Å²) in [5, 5.41) is 2.89. The zero-order chi connectivity index (χ0) is 31.9. The van der Waals surface area contributed by atoms with Crippen LogP contribution in [0, 0.1) is 20.8 Å². The van der Waals surface area contributed by atoms with Gasteiger partial charge in [-0.1, -0.05) is 88.2 Å². The van der Waals surface area contributed by atoms with Crippen molar-refractivity contribution in [1.82, 2.24) is 10.2 Å². The highest BCUT2D eigenvalue weighted by Crippen LogP contribution is 2.29. The Kier molecular flexibility index (Phi) is 11.0. The average molecular weight is 677 g/mol. The lowest BCUT2D eigenvalue weighted by Gasteiger charge is -2.34. The Balaban J connectivity index is 1.82. The van der Waals surface area contributed by atoms with Crippen molar-refractivity contribution >= 4 is 43.5 Å². The number of hydrogen-bond acceptors (Lipinski definition) is 4. The van der Waals surface area contributed by atoms with Gasteiger partial charge < -0.3 is 10.2 Å². The number of rotatable bonds is 12. The van der Waals surface area contributed by atoms with Gasteiger partial charge in [0.05, 0.1) is 10.6 Å². The molecule has 0 unspecified atom stereocenters. The van der Waals surface area contributed by atoms with Crippen LogP contribution in [0.1, 0.15) is 34.7 Å². The quantitative estimate of drug-likeness (QED) is 0.190. The predicted molar refractivity (Wildman–Crippen MR) is 179 cm³/mol. The number of likely N-dealkylation sites (N-methyl/N-ethyl adjacent to an activating group) is 1. The molecule has 4 aromatic rings. The molecule has 0 spiro atoms. The SMILES string of the molecule is CCNC(=O)[C@H](Cc1ccccc1)N(Cc1ccc(Br)cc1)C(=O)CN(c1cc(C)ccc1C)S(=O)(=O)c1ccc(C)cc1. The van der Waals surface area contributed by atoms with E-state index >= 15 is 0 Å². The molecule has 0 heterocycles. The summed E-state index contributed by atoms with van der Waals surface area (Å²) < 4.78 is 30.5. The summed E-state index contributed by atoms with van der Waals surface area (Å²) in [6, 6.07) is 28.3. The van der Waals surface area contributed by atoms with Crippen molar-refractivity contribution < 1.29 is 18.0 Å². The van der Waals surface area contributed by atoms with Crippen LogP contribution in [0.15, 0.2) is 106 Å². The number of aryl methyl sites for hydroxylation is 3. The third kappa shape index (κ3) is 8.15. The number of benzene rings is 4. The maximum atomic E-state index is 14.5. The Hall–Kier alpha value is -3.95. The second-order valence-electron chi connectivity index (χ2n) is 10.9. The van der Waals surface area contributed by atoms with Gasteiger partial charge in [-0.2, -0.15) is 0 Å². The minimum atomic E-state index is -4.15. The molecule has 1 atom stereocenters. The van der Waals surface area contributed by atoms with Gasteiger partial charge in [-0.15, -0.1) is 0 Å². The fourth-order valence-electron chi connectivity index (χ4n) is 4.97. The first-order valence-corrected chi connectivity index (χ1v) is 16.7. The summed E-state index contributed by atoms with van der Waals surface area (Å²) in [6.45, 7) is 7.44. The van der Waals surface area contributed by atoms with Crippen molar-refractivity contribution in [1.29, 1.82) is 0 Å². The molecule has 0 aliphatic rings. The number of carbonyl (C=O) groups is 2. The van der Waals surface area contributed by atoms with Gasteiger partial charge >= 0.3 is 0 Å². The lowest BCUT2D eigenvalue weighted by Crippen LogP contribution is -2.53.